The molecule has 0 amide bonds. The molecule has 3 aliphatic rings. The van der Waals surface area contributed by atoms with Crippen LogP contribution < -0.4 is 27.9 Å². The summed E-state index contributed by atoms with van der Waals surface area (Å²) >= 11 is 0. The molecule has 37 heavy (non-hydrogen) atoms. The van der Waals surface area contributed by atoms with E-state index < -0.39 is 91.7 Å². The van der Waals surface area contributed by atoms with Crippen molar-refractivity contribution < 1.29 is 66.0 Å². The van der Waals surface area contributed by atoms with Crippen LogP contribution in [-0.4, -0.2) is 135 Å². The average molecular weight is 540 g/mol. The Kier molecular flexibility index (Phi) is 9.86. The summed E-state index contributed by atoms with van der Waals surface area (Å²) in [7, 11) is 0. The Bertz CT molecular complexity index is 846. The predicted octanol–water partition coefficient (Wildman–Crippen LogP) is -8.95. The molecular formula is C19H39N8O10+3. The van der Waals surface area contributed by atoms with Crippen molar-refractivity contribution in [2.45, 2.75) is 105 Å². The Morgan fingerprint density at radius 3 is 2.24 bits per heavy atom. The number of hydrogen-bond acceptors (Lipinski definition) is 11. The predicted molar refractivity (Wildman–Crippen MR) is 119 cm³/mol. The van der Waals surface area contributed by atoms with E-state index in [2.05, 4.69) is 26.5 Å². The number of quaternary nitrogens is 2. The molecule has 0 aromatic heterocycles. The molecule has 2 saturated heterocycles. The molecule has 0 bridgehead atoms. The number of rotatable bonds is 8. The van der Waals surface area contributed by atoms with Crippen molar-refractivity contribution in [2.24, 2.45) is 16.6 Å². The zero-order valence-corrected chi connectivity index (χ0v) is 20.3. The lowest BCUT2D eigenvalue weighted by Crippen LogP contribution is -2.82. The Morgan fingerprint density at radius 1 is 1.00 bits per heavy atom. The molecule has 1 saturated carbocycles. The third-order valence-electron chi connectivity index (χ3n) is 6.89. The smallest absolute Gasteiger partial charge is 0.338 e. The summed E-state index contributed by atoms with van der Waals surface area (Å²) in [6, 6.07) is -2.55. The molecule has 5 unspecified atom stereocenters. The molecular weight excluding hydrogens is 500 g/mol. The summed E-state index contributed by atoms with van der Waals surface area (Å²) in [5.41, 5.74) is 27.7. The molecule has 2 heterocycles. The summed E-state index contributed by atoms with van der Waals surface area (Å²) in [6.45, 7) is 1.30. The van der Waals surface area contributed by atoms with Crippen LogP contribution in [0, 0.1) is 0 Å². The number of guanidine groups is 1. The van der Waals surface area contributed by atoms with E-state index >= 15 is 0 Å². The molecule has 0 aromatic carbocycles. The van der Waals surface area contributed by atoms with Gasteiger partial charge in [-0.1, -0.05) is 5.11 Å². The SMILES string of the molecule is C[C@@H](O)C1O[C@H](O[C@@H]2C([NH3+])C[C@@H]([NH3+])C(O)[C@H]2O[C@@H]2O[C@H](C[NH+]=C(N)N)[C@H](O)C2O)C(N=[N+]=[N-])[C@@H](O)[C@@H]1O. The lowest BCUT2D eigenvalue weighted by molar-refractivity contribution is -0.515. The molecule has 3 fully saturated rings. The van der Waals surface area contributed by atoms with Crippen molar-refractivity contribution in [1.29, 1.82) is 0 Å². The van der Waals surface area contributed by atoms with Gasteiger partial charge >= 0.3 is 5.96 Å². The van der Waals surface area contributed by atoms with Crippen molar-refractivity contribution in [1.82, 2.24) is 0 Å². The van der Waals surface area contributed by atoms with E-state index in [4.69, 9.17) is 35.9 Å². The second kappa shape index (κ2) is 12.3. The highest BCUT2D eigenvalue weighted by molar-refractivity contribution is 5.69. The molecule has 18 nitrogen and oxygen atoms in total. The fraction of sp³-hybridized carbons (Fsp3) is 0.947. The number of aliphatic hydroxyl groups is 6. The lowest BCUT2D eigenvalue weighted by atomic mass is 9.84. The van der Waals surface area contributed by atoms with Crippen molar-refractivity contribution in [3.8, 4) is 0 Å². The van der Waals surface area contributed by atoms with Gasteiger partial charge in [0, 0.05) is 4.91 Å². The zero-order valence-electron chi connectivity index (χ0n) is 20.3. The molecule has 2 aliphatic heterocycles. The number of aliphatic hydroxyl groups excluding tert-OH is 6. The standard InChI is InChI=1S/C19H36N8O10/c1-4(28)14-12(32)11(31)8(26-27-24)17(35-14)36-15-6(21)2-5(20)9(29)16(15)37-18-13(33)10(30)7(34-18)3-25-19(22)23/h4-18,28-33H,2-3,20-21H2,1H3,(H4,22,23,25)/p+3/t4-,5-,6?,7-,8?,9?,10+,11-,12+,13?,14?,15-,16-,17-,18+/m1/s1. The Balaban J connectivity index is 1.84. The van der Waals surface area contributed by atoms with Crippen LogP contribution in [0.4, 0.5) is 0 Å². The van der Waals surface area contributed by atoms with Gasteiger partial charge in [-0.3, -0.25) is 16.5 Å². The number of nitrogens with one attached hydrogen (secondary N) is 1. The van der Waals surface area contributed by atoms with Crippen LogP contribution >= 0.6 is 0 Å². The molecule has 15 atom stereocenters. The first-order valence-corrected chi connectivity index (χ1v) is 11.9. The van der Waals surface area contributed by atoms with E-state index in [1.165, 1.54) is 6.92 Å². The molecule has 17 N–H and O–H groups in total. The van der Waals surface area contributed by atoms with Gasteiger partial charge in [-0.2, -0.15) is 0 Å². The minimum Gasteiger partial charge on any atom is -0.391 e. The molecule has 0 spiro atoms. The Morgan fingerprint density at radius 2 is 1.65 bits per heavy atom. The second-order valence-electron chi connectivity index (χ2n) is 9.69. The maximum absolute atomic E-state index is 10.9. The first-order valence-electron chi connectivity index (χ1n) is 11.9. The summed E-state index contributed by atoms with van der Waals surface area (Å²) < 4.78 is 23.2. The monoisotopic (exact) mass is 539 g/mol. The molecule has 1 aliphatic carbocycles. The summed E-state index contributed by atoms with van der Waals surface area (Å²) in [5, 5.41) is 66.1. The van der Waals surface area contributed by atoms with Gasteiger partial charge in [0.1, 0.15) is 67.0 Å². The topological polar surface area (TPSA) is 328 Å². The summed E-state index contributed by atoms with van der Waals surface area (Å²) in [4.78, 5) is 5.27. The van der Waals surface area contributed by atoms with Gasteiger partial charge in [-0.05, 0) is 12.5 Å². The van der Waals surface area contributed by atoms with Gasteiger partial charge in [0.05, 0.1) is 25.2 Å². The summed E-state index contributed by atoms with van der Waals surface area (Å²) in [6.07, 6.45) is -15.7. The van der Waals surface area contributed by atoms with Crippen molar-refractivity contribution >= 4 is 5.96 Å². The van der Waals surface area contributed by atoms with E-state index in [1.807, 2.05) is 0 Å². The lowest BCUT2D eigenvalue weighted by Gasteiger charge is -2.46. The van der Waals surface area contributed by atoms with Crippen LogP contribution in [0.5, 0.6) is 0 Å². The Labute approximate surface area is 211 Å². The summed E-state index contributed by atoms with van der Waals surface area (Å²) in [5.74, 6) is -0.115. The number of nitrogens with two attached hydrogens (primary N) is 2. The third kappa shape index (κ3) is 6.40. The van der Waals surface area contributed by atoms with Crippen molar-refractivity contribution in [2.75, 3.05) is 6.54 Å². The van der Waals surface area contributed by atoms with E-state index in [0.29, 0.717) is 0 Å². The highest BCUT2D eigenvalue weighted by Crippen LogP contribution is 2.33. The number of ether oxygens (including phenoxy) is 4. The maximum atomic E-state index is 10.9. The molecule has 212 valence electrons. The van der Waals surface area contributed by atoms with Crippen LogP contribution in [-0.2, 0) is 18.9 Å². The zero-order chi connectivity index (χ0) is 27.6. The van der Waals surface area contributed by atoms with Gasteiger partial charge in [-0.15, -0.1) is 0 Å². The average Bonchev–Trinajstić information content (AvgIpc) is 3.10. The van der Waals surface area contributed by atoms with E-state index in [9.17, 15) is 30.6 Å². The van der Waals surface area contributed by atoms with E-state index in [-0.39, 0.29) is 18.9 Å². The maximum Gasteiger partial charge on any atom is 0.338 e. The highest BCUT2D eigenvalue weighted by Gasteiger charge is 2.54. The van der Waals surface area contributed by atoms with Gasteiger partial charge in [0.15, 0.2) is 12.6 Å². The highest BCUT2D eigenvalue weighted by atomic mass is 16.7. The van der Waals surface area contributed by atoms with Crippen LogP contribution in [0.1, 0.15) is 13.3 Å². The number of azide groups is 1. The number of nitrogens with zero attached hydrogens (tertiary/aromatic N) is 3. The van der Waals surface area contributed by atoms with Crippen LogP contribution in [0.15, 0.2) is 5.11 Å². The number of hydrogen-bond donors (Lipinski definition) is 11. The molecule has 3 rings (SSSR count). The Hall–Kier alpha value is -1.90. The minimum atomic E-state index is -1.64. The van der Waals surface area contributed by atoms with Crippen LogP contribution in [0.3, 0.4) is 0 Å². The van der Waals surface area contributed by atoms with Crippen LogP contribution in [0.25, 0.3) is 10.4 Å². The van der Waals surface area contributed by atoms with Gasteiger partial charge < -0.3 is 61.1 Å². The van der Waals surface area contributed by atoms with Crippen molar-refractivity contribution in [3.05, 3.63) is 10.4 Å². The van der Waals surface area contributed by atoms with Crippen LogP contribution in [0.2, 0.25) is 0 Å². The second-order valence-corrected chi connectivity index (χ2v) is 9.69. The van der Waals surface area contributed by atoms with Gasteiger partial charge in [0.2, 0.25) is 0 Å². The van der Waals surface area contributed by atoms with E-state index in [0.717, 1.165) is 0 Å². The molecule has 0 aromatic rings. The minimum absolute atomic E-state index is 0.0335. The van der Waals surface area contributed by atoms with Gasteiger partial charge in [-0.25, -0.2) is 0 Å². The largest absolute Gasteiger partial charge is 0.391 e. The normalized spacial score (nSPS) is 47.2. The first kappa shape index (κ1) is 29.7. The first-order chi connectivity index (χ1) is 17.4. The van der Waals surface area contributed by atoms with E-state index in [1.54, 1.807) is 0 Å². The van der Waals surface area contributed by atoms with Gasteiger partial charge in [0.25, 0.3) is 0 Å². The van der Waals surface area contributed by atoms with Crippen molar-refractivity contribution in [3.63, 3.8) is 0 Å². The molecule has 0 radical (unpaired) electrons. The third-order valence-corrected chi connectivity index (χ3v) is 6.89. The quantitative estimate of drug-likeness (QED) is 0.0450. The fourth-order valence-corrected chi connectivity index (χ4v) is 4.83. The molecule has 18 heteroatoms. The fourth-order valence-electron chi connectivity index (χ4n) is 4.83.